The molecule has 0 spiro atoms. The van der Waals surface area contributed by atoms with Crippen molar-refractivity contribution in [1.82, 2.24) is 9.97 Å². The maximum atomic E-state index is 12.9. The Kier molecular flexibility index (Phi) is 4.66. The van der Waals surface area contributed by atoms with E-state index < -0.39 is 23.7 Å². The van der Waals surface area contributed by atoms with Crippen LogP contribution in [0.3, 0.4) is 0 Å². The highest BCUT2D eigenvalue weighted by Crippen LogP contribution is 2.29. The molecule has 8 heteroatoms. The molecular weight excluding hydrogens is 352 g/mol. The number of benzene rings is 2. The summed E-state index contributed by atoms with van der Waals surface area (Å²) in [6.45, 7) is 0. The molecule has 132 valence electrons. The largest absolute Gasteiger partial charge is 0.433 e. The zero-order chi connectivity index (χ0) is 18.7. The maximum Gasteiger partial charge on any atom is 0.433 e. The summed E-state index contributed by atoms with van der Waals surface area (Å²) in [6, 6.07) is 11.0. The van der Waals surface area contributed by atoms with Crippen LogP contribution in [-0.4, -0.2) is 15.8 Å². The van der Waals surface area contributed by atoms with Crippen molar-refractivity contribution in [3.05, 3.63) is 83.4 Å². The molecule has 0 fully saturated rings. The summed E-state index contributed by atoms with van der Waals surface area (Å²) < 4.78 is 56.0. The molecule has 0 amide bonds. The van der Waals surface area contributed by atoms with Crippen LogP contribution in [0.5, 0.6) is 11.8 Å². The van der Waals surface area contributed by atoms with Gasteiger partial charge in [-0.25, -0.2) is 9.37 Å². The Hall–Kier alpha value is -3.29. The van der Waals surface area contributed by atoms with Gasteiger partial charge in [0.25, 0.3) is 0 Å². The molecule has 0 radical (unpaired) electrons. The van der Waals surface area contributed by atoms with E-state index >= 15 is 0 Å². The predicted molar refractivity (Wildman–Crippen MR) is 83.4 cm³/mol. The second-order valence-corrected chi connectivity index (χ2v) is 5.18. The fraction of sp³-hybridized carbons (Fsp3) is 0.0556. The smallest absolute Gasteiger partial charge is 0.424 e. The van der Waals surface area contributed by atoms with Crippen molar-refractivity contribution >= 4 is 5.78 Å². The maximum absolute atomic E-state index is 12.9. The first-order chi connectivity index (χ1) is 12.3. The SMILES string of the molecule is O=C(c1ccc(F)cc1)c1ccc(Oc2nccc(C(F)(F)F)n2)cc1. The first kappa shape index (κ1) is 17.5. The molecule has 3 aromatic rings. The lowest BCUT2D eigenvalue weighted by Gasteiger charge is -2.08. The van der Waals surface area contributed by atoms with Gasteiger partial charge in [0.15, 0.2) is 11.5 Å². The van der Waals surface area contributed by atoms with Gasteiger partial charge in [0.2, 0.25) is 0 Å². The van der Waals surface area contributed by atoms with Crippen LogP contribution in [0.15, 0.2) is 60.8 Å². The summed E-state index contributed by atoms with van der Waals surface area (Å²) in [7, 11) is 0. The van der Waals surface area contributed by atoms with E-state index in [9.17, 15) is 22.4 Å². The van der Waals surface area contributed by atoms with E-state index in [4.69, 9.17) is 4.74 Å². The van der Waals surface area contributed by atoms with Crippen LogP contribution in [-0.2, 0) is 6.18 Å². The number of carbonyl (C=O) groups is 1. The van der Waals surface area contributed by atoms with Crippen LogP contribution < -0.4 is 4.74 Å². The number of ether oxygens (including phenoxy) is 1. The number of hydrogen-bond donors (Lipinski definition) is 0. The molecule has 2 aromatic carbocycles. The third kappa shape index (κ3) is 4.02. The number of aromatic nitrogens is 2. The lowest BCUT2D eigenvalue weighted by molar-refractivity contribution is -0.141. The van der Waals surface area contributed by atoms with Crippen molar-refractivity contribution in [2.75, 3.05) is 0 Å². The number of ketones is 1. The molecule has 0 saturated carbocycles. The Morgan fingerprint density at radius 3 is 2.04 bits per heavy atom. The molecule has 1 aromatic heterocycles. The zero-order valence-electron chi connectivity index (χ0n) is 13.0. The Balaban J connectivity index is 1.76. The third-order valence-electron chi connectivity index (χ3n) is 3.36. The number of alkyl halides is 3. The van der Waals surface area contributed by atoms with Crippen molar-refractivity contribution in [3.8, 4) is 11.8 Å². The molecule has 26 heavy (non-hydrogen) atoms. The molecule has 0 aliphatic heterocycles. The second-order valence-electron chi connectivity index (χ2n) is 5.18. The van der Waals surface area contributed by atoms with Gasteiger partial charge in [-0.15, -0.1) is 0 Å². The van der Waals surface area contributed by atoms with Gasteiger partial charge in [0.05, 0.1) is 0 Å². The van der Waals surface area contributed by atoms with Crippen molar-refractivity contribution in [2.45, 2.75) is 6.18 Å². The minimum Gasteiger partial charge on any atom is -0.424 e. The van der Waals surface area contributed by atoms with Crippen LogP contribution in [0.25, 0.3) is 0 Å². The Morgan fingerprint density at radius 1 is 0.885 bits per heavy atom. The molecule has 0 unspecified atom stereocenters. The first-order valence-electron chi connectivity index (χ1n) is 7.31. The fourth-order valence-electron chi connectivity index (χ4n) is 2.10. The van der Waals surface area contributed by atoms with Crippen LogP contribution >= 0.6 is 0 Å². The summed E-state index contributed by atoms with van der Waals surface area (Å²) in [5, 5.41) is 0. The van der Waals surface area contributed by atoms with E-state index in [2.05, 4.69) is 9.97 Å². The van der Waals surface area contributed by atoms with Gasteiger partial charge >= 0.3 is 12.2 Å². The zero-order valence-corrected chi connectivity index (χ0v) is 13.0. The highest BCUT2D eigenvalue weighted by atomic mass is 19.4. The standard InChI is InChI=1S/C18H10F4N2O2/c19-13-5-1-11(2-6-13)16(25)12-3-7-14(8-4-12)26-17-23-10-9-15(24-17)18(20,21)22/h1-10H. The number of halogens is 4. The van der Waals surface area contributed by atoms with Gasteiger partial charge in [-0.05, 0) is 54.6 Å². The fourth-order valence-corrected chi connectivity index (χ4v) is 2.10. The molecule has 0 atom stereocenters. The highest BCUT2D eigenvalue weighted by molar-refractivity contribution is 6.08. The number of carbonyl (C=O) groups excluding carboxylic acids is 1. The summed E-state index contributed by atoms with van der Waals surface area (Å²) in [5.41, 5.74) is -0.499. The predicted octanol–water partition coefficient (Wildman–Crippen LogP) is 4.66. The van der Waals surface area contributed by atoms with Gasteiger partial charge in [0.1, 0.15) is 11.6 Å². The van der Waals surface area contributed by atoms with Crippen molar-refractivity contribution < 1.29 is 27.1 Å². The molecule has 0 aliphatic rings. The van der Waals surface area contributed by atoms with E-state index in [1.165, 1.54) is 48.5 Å². The minimum atomic E-state index is -4.60. The van der Waals surface area contributed by atoms with Crippen LogP contribution in [0.1, 0.15) is 21.6 Å². The molecule has 0 saturated heterocycles. The Bertz CT molecular complexity index is 923. The van der Waals surface area contributed by atoms with Crippen LogP contribution in [0.4, 0.5) is 17.6 Å². The van der Waals surface area contributed by atoms with Crippen LogP contribution in [0, 0.1) is 5.82 Å². The van der Waals surface area contributed by atoms with Gasteiger partial charge in [-0.3, -0.25) is 4.79 Å². The van der Waals surface area contributed by atoms with Crippen LogP contribution in [0.2, 0.25) is 0 Å². The quantitative estimate of drug-likeness (QED) is 0.500. The van der Waals surface area contributed by atoms with Crippen molar-refractivity contribution in [2.24, 2.45) is 0 Å². The number of nitrogens with zero attached hydrogens (tertiary/aromatic N) is 2. The van der Waals surface area contributed by atoms with Crippen molar-refractivity contribution in [1.29, 1.82) is 0 Å². The van der Waals surface area contributed by atoms with E-state index in [0.29, 0.717) is 11.1 Å². The van der Waals surface area contributed by atoms with Gasteiger partial charge in [-0.1, -0.05) is 0 Å². The summed E-state index contributed by atoms with van der Waals surface area (Å²) in [6.07, 6.45) is -3.66. The normalized spacial score (nSPS) is 11.2. The number of rotatable bonds is 4. The van der Waals surface area contributed by atoms with Gasteiger partial charge in [0, 0.05) is 17.3 Å². The second kappa shape index (κ2) is 6.91. The highest BCUT2D eigenvalue weighted by Gasteiger charge is 2.33. The lowest BCUT2D eigenvalue weighted by Crippen LogP contribution is -2.09. The molecule has 0 N–H and O–H groups in total. The molecular formula is C18H10F4N2O2. The molecule has 1 heterocycles. The Labute approximate surface area is 145 Å². The molecule has 0 aliphatic carbocycles. The average molecular weight is 362 g/mol. The van der Waals surface area contributed by atoms with E-state index in [1.54, 1.807) is 0 Å². The minimum absolute atomic E-state index is 0.167. The average Bonchev–Trinajstić information content (AvgIpc) is 2.62. The van der Waals surface area contributed by atoms with Gasteiger partial charge < -0.3 is 4.74 Å². The first-order valence-corrected chi connectivity index (χ1v) is 7.31. The summed E-state index contributed by atoms with van der Waals surface area (Å²) in [5.74, 6) is -0.613. The van der Waals surface area contributed by atoms with E-state index in [1.807, 2.05) is 0 Å². The third-order valence-corrected chi connectivity index (χ3v) is 3.36. The summed E-state index contributed by atoms with van der Waals surface area (Å²) in [4.78, 5) is 19.2. The molecule has 0 bridgehead atoms. The Morgan fingerprint density at radius 2 is 1.46 bits per heavy atom. The lowest BCUT2D eigenvalue weighted by atomic mass is 10.0. The molecule has 4 nitrogen and oxygen atoms in total. The topological polar surface area (TPSA) is 52.1 Å². The van der Waals surface area contributed by atoms with Gasteiger partial charge in [-0.2, -0.15) is 18.2 Å². The molecule has 3 rings (SSSR count). The summed E-state index contributed by atoms with van der Waals surface area (Å²) >= 11 is 0. The van der Waals surface area contributed by atoms with Crippen molar-refractivity contribution in [3.63, 3.8) is 0 Å². The van der Waals surface area contributed by atoms with E-state index in [-0.39, 0.29) is 11.5 Å². The number of hydrogen-bond acceptors (Lipinski definition) is 4. The monoisotopic (exact) mass is 362 g/mol. The van der Waals surface area contributed by atoms with E-state index in [0.717, 1.165) is 12.3 Å².